The second-order valence-corrected chi connectivity index (χ2v) is 3.36. The molecule has 2 rings (SSSR count). The summed E-state index contributed by atoms with van der Waals surface area (Å²) < 4.78 is 38.7. The molecule has 0 amide bonds. The van der Waals surface area contributed by atoms with Crippen LogP contribution in [0.5, 0.6) is 0 Å². The molecule has 0 radical (unpaired) electrons. The molecule has 3 N–H and O–H groups in total. The number of hydrogen-bond donors (Lipinski definition) is 2. The maximum absolute atomic E-state index is 13.0. The molecule has 0 atom stereocenters. The Morgan fingerprint density at radius 1 is 1.19 bits per heavy atom. The lowest BCUT2D eigenvalue weighted by Crippen LogP contribution is -1.93. The molecular formula is C10H8F3N3. The summed E-state index contributed by atoms with van der Waals surface area (Å²) in [7, 11) is 0. The normalized spacial score (nSPS) is 10.8. The summed E-state index contributed by atoms with van der Waals surface area (Å²) >= 11 is 0. The van der Waals surface area contributed by atoms with Gasteiger partial charge in [0.15, 0.2) is 17.5 Å². The van der Waals surface area contributed by atoms with Gasteiger partial charge in [-0.3, -0.25) is 5.10 Å². The van der Waals surface area contributed by atoms with Crippen LogP contribution >= 0.6 is 0 Å². The predicted octanol–water partition coefficient (Wildman–Crippen LogP) is 2.38. The highest BCUT2D eigenvalue weighted by atomic mass is 19.2. The first-order valence-electron chi connectivity index (χ1n) is 4.46. The Kier molecular flexibility index (Phi) is 2.34. The van der Waals surface area contributed by atoms with Gasteiger partial charge < -0.3 is 5.73 Å². The topological polar surface area (TPSA) is 54.7 Å². The number of aromatic nitrogens is 2. The minimum atomic E-state index is -1.49. The van der Waals surface area contributed by atoms with E-state index in [0.717, 1.165) is 12.1 Å². The number of nitrogens with one attached hydrogen (secondary N) is 1. The SMILES string of the molecule is Cc1c(N)n[nH]c1-c1cc(F)c(F)c(F)c1. The Balaban J connectivity index is 2.61. The van der Waals surface area contributed by atoms with Gasteiger partial charge in [-0.15, -0.1) is 0 Å². The Morgan fingerprint density at radius 2 is 1.75 bits per heavy atom. The van der Waals surface area contributed by atoms with Crippen molar-refractivity contribution < 1.29 is 13.2 Å². The smallest absolute Gasteiger partial charge is 0.194 e. The second-order valence-electron chi connectivity index (χ2n) is 3.36. The lowest BCUT2D eigenvalue weighted by Gasteiger charge is -2.02. The molecule has 1 heterocycles. The van der Waals surface area contributed by atoms with E-state index in [2.05, 4.69) is 10.2 Å². The molecule has 0 spiro atoms. The average molecular weight is 227 g/mol. The summed E-state index contributed by atoms with van der Waals surface area (Å²) in [5.74, 6) is -3.75. The van der Waals surface area contributed by atoms with E-state index in [1.54, 1.807) is 6.92 Å². The maximum Gasteiger partial charge on any atom is 0.194 e. The van der Waals surface area contributed by atoms with E-state index < -0.39 is 17.5 Å². The summed E-state index contributed by atoms with van der Waals surface area (Å²) in [6.07, 6.45) is 0. The molecule has 16 heavy (non-hydrogen) atoms. The largest absolute Gasteiger partial charge is 0.382 e. The van der Waals surface area contributed by atoms with Gasteiger partial charge in [0.05, 0.1) is 5.69 Å². The molecule has 1 aromatic heterocycles. The van der Waals surface area contributed by atoms with Gasteiger partial charge in [-0.2, -0.15) is 5.10 Å². The van der Waals surface area contributed by atoms with Crippen molar-refractivity contribution in [2.24, 2.45) is 0 Å². The summed E-state index contributed by atoms with van der Waals surface area (Å²) in [4.78, 5) is 0. The summed E-state index contributed by atoms with van der Waals surface area (Å²) in [5, 5.41) is 6.22. The van der Waals surface area contributed by atoms with Gasteiger partial charge in [0.1, 0.15) is 5.82 Å². The van der Waals surface area contributed by atoms with Crippen molar-refractivity contribution in [3.63, 3.8) is 0 Å². The van der Waals surface area contributed by atoms with Crippen molar-refractivity contribution in [2.75, 3.05) is 5.73 Å². The number of anilines is 1. The number of nitrogens with zero attached hydrogens (tertiary/aromatic N) is 1. The third-order valence-corrected chi connectivity index (χ3v) is 2.32. The zero-order chi connectivity index (χ0) is 11.9. The first-order valence-corrected chi connectivity index (χ1v) is 4.46. The number of nitrogens with two attached hydrogens (primary N) is 1. The molecule has 1 aromatic carbocycles. The fourth-order valence-corrected chi connectivity index (χ4v) is 1.39. The fourth-order valence-electron chi connectivity index (χ4n) is 1.39. The van der Waals surface area contributed by atoms with Crippen LogP contribution in [0, 0.1) is 24.4 Å². The molecule has 0 fully saturated rings. The first kappa shape index (κ1) is 10.5. The third kappa shape index (κ3) is 1.52. The van der Waals surface area contributed by atoms with Gasteiger partial charge in [-0.05, 0) is 19.1 Å². The number of nitrogen functional groups attached to an aromatic ring is 1. The molecule has 0 bridgehead atoms. The number of aromatic amines is 1. The van der Waals surface area contributed by atoms with Crippen LogP contribution in [0.1, 0.15) is 5.56 Å². The van der Waals surface area contributed by atoms with Gasteiger partial charge in [0.2, 0.25) is 0 Å². The number of H-pyrrole nitrogens is 1. The lowest BCUT2D eigenvalue weighted by molar-refractivity contribution is 0.447. The van der Waals surface area contributed by atoms with Gasteiger partial charge >= 0.3 is 0 Å². The van der Waals surface area contributed by atoms with Crippen LogP contribution < -0.4 is 5.73 Å². The Bertz CT molecular complexity index is 525. The van der Waals surface area contributed by atoms with Crippen LogP contribution in [0.4, 0.5) is 19.0 Å². The molecule has 6 heteroatoms. The molecular weight excluding hydrogens is 219 g/mol. The Morgan fingerprint density at radius 3 is 2.19 bits per heavy atom. The lowest BCUT2D eigenvalue weighted by atomic mass is 10.1. The Hall–Kier alpha value is -1.98. The van der Waals surface area contributed by atoms with Gasteiger partial charge in [0.25, 0.3) is 0 Å². The van der Waals surface area contributed by atoms with Crippen molar-refractivity contribution in [3.8, 4) is 11.3 Å². The maximum atomic E-state index is 13.0. The van der Waals surface area contributed by atoms with Crippen molar-refractivity contribution in [3.05, 3.63) is 35.1 Å². The number of hydrogen-bond acceptors (Lipinski definition) is 2. The quantitative estimate of drug-likeness (QED) is 0.735. The molecule has 0 saturated carbocycles. The van der Waals surface area contributed by atoms with E-state index in [-0.39, 0.29) is 11.4 Å². The van der Waals surface area contributed by atoms with Crippen LogP contribution in [0.3, 0.4) is 0 Å². The highest BCUT2D eigenvalue weighted by Gasteiger charge is 2.15. The first-order chi connectivity index (χ1) is 7.50. The highest BCUT2D eigenvalue weighted by Crippen LogP contribution is 2.26. The van der Waals surface area contributed by atoms with Crippen molar-refractivity contribution in [2.45, 2.75) is 6.92 Å². The minimum Gasteiger partial charge on any atom is -0.382 e. The van der Waals surface area contributed by atoms with Gasteiger partial charge in [-0.25, -0.2) is 13.2 Å². The van der Waals surface area contributed by atoms with Crippen LogP contribution in [0.25, 0.3) is 11.3 Å². The van der Waals surface area contributed by atoms with E-state index in [1.807, 2.05) is 0 Å². The second kappa shape index (κ2) is 3.55. The van der Waals surface area contributed by atoms with Gasteiger partial charge in [0, 0.05) is 11.1 Å². The molecule has 2 aromatic rings. The number of halogens is 3. The van der Waals surface area contributed by atoms with Gasteiger partial charge in [-0.1, -0.05) is 0 Å². The van der Waals surface area contributed by atoms with Crippen LogP contribution in [0.2, 0.25) is 0 Å². The monoisotopic (exact) mass is 227 g/mol. The number of benzene rings is 1. The van der Waals surface area contributed by atoms with Crippen molar-refractivity contribution in [1.82, 2.24) is 10.2 Å². The summed E-state index contributed by atoms with van der Waals surface area (Å²) in [5.41, 5.74) is 6.58. The van der Waals surface area contributed by atoms with E-state index in [4.69, 9.17) is 5.73 Å². The number of rotatable bonds is 1. The molecule has 0 saturated heterocycles. The molecule has 84 valence electrons. The standard InChI is InChI=1S/C10H8F3N3/c1-4-9(15-16-10(4)14)5-2-6(11)8(13)7(12)3-5/h2-3H,1H3,(H3,14,15,16). The van der Waals surface area contributed by atoms with E-state index in [0.29, 0.717) is 11.3 Å². The zero-order valence-corrected chi connectivity index (χ0v) is 8.31. The van der Waals surface area contributed by atoms with Crippen molar-refractivity contribution >= 4 is 5.82 Å². The van der Waals surface area contributed by atoms with Crippen LogP contribution in [-0.2, 0) is 0 Å². The Labute approximate surface area is 89.1 Å². The minimum absolute atomic E-state index is 0.165. The van der Waals surface area contributed by atoms with Crippen molar-refractivity contribution in [1.29, 1.82) is 0 Å². The molecule has 0 unspecified atom stereocenters. The highest BCUT2D eigenvalue weighted by molar-refractivity contribution is 5.67. The zero-order valence-electron chi connectivity index (χ0n) is 8.31. The fraction of sp³-hybridized carbons (Fsp3) is 0.100. The van der Waals surface area contributed by atoms with Crippen LogP contribution in [0.15, 0.2) is 12.1 Å². The average Bonchev–Trinajstić information content (AvgIpc) is 2.56. The predicted molar refractivity (Wildman–Crippen MR) is 53.0 cm³/mol. The van der Waals surface area contributed by atoms with E-state index in [1.165, 1.54) is 0 Å². The van der Waals surface area contributed by atoms with E-state index >= 15 is 0 Å². The third-order valence-electron chi connectivity index (χ3n) is 2.32. The summed E-state index contributed by atoms with van der Waals surface area (Å²) in [6, 6.07) is 1.77. The van der Waals surface area contributed by atoms with E-state index in [9.17, 15) is 13.2 Å². The molecule has 0 aliphatic carbocycles. The molecule has 0 aliphatic heterocycles. The molecule has 0 aliphatic rings. The molecule has 3 nitrogen and oxygen atoms in total. The summed E-state index contributed by atoms with van der Waals surface area (Å²) in [6.45, 7) is 1.65. The van der Waals surface area contributed by atoms with Crippen LogP contribution in [-0.4, -0.2) is 10.2 Å².